The molecule has 0 bridgehead atoms. The quantitative estimate of drug-likeness (QED) is 0.526. The molecule has 1 heterocycles. The van der Waals surface area contributed by atoms with Crippen molar-refractivity contribution < 1.29 is 14.3 Å². The van der Waals surface area contributed by atoms with E-state index in [4.69, 9.17) is 9.47 Å². The smallest absolute Gasteiger partial charge is 0.333 e. The number of carbonyl (C=O) groups excluding carboxylic acids is 1. The van der Waals surface area contributed by atoms with Crippen LogP contribution in [0.4, 0.5) is 0 Å². The van der Waals surface area contributed by atoms with E-state index in [1.165, 1.54) is 0 Å². The predicted octanol–water partition coefficient (Wildman–Crippen LogP) is 1.42. The Balaban J connectivity index is 2.27. The van der Waals surface area contributed by atoms with Gasteiger partial charge in [0.2, 0.25) is 0 Å². The number of carbonyl (C=O) groups is 1. The van der Waals surface area contributed by atoms with Crippen LogP contribution in [0.5, 0.6) is 0 Å². The van der Waals surface area contributed by atoms with Gasteiger partial charge in [-0.2, -0.15) is 0 Å². The average Bonchev–Trinajstić information content (AvgIpc) is 2.65. The van der Waals surface area contributed by atoms with Gasteiger partial charge in [0, 0.05) is 18.7 Å². The number of hydrogen-bond donors (Lipinski definition) is 0. The second kappa shape index (κ2) is 6.01. The van der Waals surface area contributed by atoms with Gasteiger partial charge in [0.25, 0.3) is 0 Å². The Morgan fingerprint density at radius 2 is 2.31 bits per heavy atom. The molecule has 0 radical (unpaired) electrons. The second-order valence-electron chi connectivity index (χ2n) is 4.46. The number of esters is 1. The summed E-state index contributed by atoms with van der Waals surface area (Å²) in [5.41, 5.74) is 0.443. The summed E-state index contributed by atoms with van der Waals surface area (Å²) in [5.74, 6) is 0.139. The Kier molecular flexibility index (Phi) is 4.96. The van der Waals surface area contributed by atoms with Crippen molar-refractivity contribution in [2.24, 2.45) is 5.92 Å². The molecule has 1 aliphatic heterocycles. The first-order valence-corrected chi connectivity index (χ1v) is 5.70. The van der Waals surface area contributed by atoms with E-state index in [0.717, 1.165) is 19.7 Å². The summed E-state index contributed by atoms with van der Waals surface area (Å²) in [7, 11) is 0. The van der Waals surface area contributed by atoms with E-state index >= 15 is 0 Å². The highest BCUT2D eigenvalue weighted by Gasteiger charge is 2.27. The van der Waals surface area contributed by atoms with Crippen LogP contribution >= 0.6 is 0 Å². The van der Waals surface area contributed by atoms with Crippen LogP contribution in [0.2, 0.25) is 0 Å². The fourth-order valence-electron chi connectivity index (χ4n) is 1.76. The van der Waals surface area contributed by atoms with Crippen LogP contribution in [0.3, 0.4) is 0 Å². The summed E-state index contributed by atoms with van der Waals surface area (Å²) in [6.07, 6.45) is 0.156. The van der Waals surface area contributed by atoms with Crippen LogP contribution in [0, 0.1) is 5.92 Å². The number of nitrogens with zero attached hydrogens (tertiary/aromatic N) is 1. The molecule has 1 fully saturated rings. The van der Waals surface area contributed by atoms with Crippen molar-refractivity contribution in [1.82, 2.24) is 4.90 Å². The zero-order valence-electron chi connectivity index (χ0n) is 10.4. The summed E-state index contributed by atoms with van der Waals surface area (Å²) in [5, 5.41) is 0. The Bertz CT molecular complexity index is 263. The molecule has 16 heavy (non-hydrogen) atoms. The van der Waals surface area contributed by atoms with Crippen molar-refractivity contribution in [2.75, 3.05) is 26.3 Å². The maximum atomic E-state index is 11.2. The van der Waals surface area contributed by atoms with Gasteiger partial charge in [-0.25, -0.2) is 4.79 Å². The van der Waals surface area contributed by atoms with E-state index in [1.54, 1.807) is 6.92 Å². The first-order chi connectivity index (χ1) is 7.52. The lowest BCUT2D eigenvalue weighted by Gasteiger charge is -2.25. The Labute approximate surface area is 97.2 Å². The standard InChI is InChI=1S/C12H21NO3/c1-9(2)11-13(5-7-15-11)6-8-16-12(14)10(3)4/h9,11H,3,5-8H2,1-2,4H3. The van der Waals surface area contributed by atoms with Crippen LogP contribution in [0.15, 0.2) is 12.2 Å². The van der Waals surface area contributed by atoms with Crippen LogP contribution in [-0.4, -0.2) is 43.4 Å². The van der Waals surface area contributed by atoms with Gasteiger partial charge in [0.15, 0.2) is 0 Å². The normalized spacial score (nSPS) is 21.4. The highest BCUT2D eigenvalue weighted by atomic mass is 16.5. The van der Waals surface area contributed by atoms with Gasteiger partial charge in [-0.05, 0) is 12.8 Å². The average molecular weight is 227 g/mol. The molecule has 0 aromatic heterocycles. The minimum atomic E-state index is -0.318. The topological polar surface area (TPSA) is 38.8 Å². The van der Waals surface area contributed by atoms with E-state index in [0.29, 0.717) is 18.1 Å². The van der Waals surface area contributed by atoms with Crippen LogP contribution in [-0.2, 0) is 14.3 Å². The lowest BCUT2D eigenvalue weighted by Crippen LogP contribution is -2.37. The third kappa shape index (κ3) is 3.61. The van der Waals surface area contributed by atoms with E-state index < -0.39 is 0 Å². The fraction of sp³-hybridized carbons (Fsp3) is 0.750. The lowest BCUT2D eigenvalue weighted by atomic mass is 10.2. The van der Waals surface area contributed by atoms with Gasteiger partial charge in [-0.15, -0.1) is 0 Å². The summed E-state index contributed by atoms with van der Waals surface area (Å²) in [6.45, 7) is 12.2. The van der Waals surface area contributed by atoms with E-state index in [9.17, 15) is 4.79 Å². The maximum Gasteiger partial charge on any atom is 0.333 e. The molecule has 1 unspecified atom stereocenters. The summed E-state index contributed by atoms with van der Waals surface area (Å²) < 4.78 is 10.7. The molecule has 0 N–H and O–H groups in total. The highest BCUT2D eigenvalue weighted by Crippen LogP contribution is 2.17. The molecule has 92 valence electrons. The monoisotopic (exact) mass is 227 g/mol. The van der Waals surface area contributed by atoms with Crippen molar-refractivity contribution in [1.29, 1.82) is 0 Å². The molecular formula is C12H21NO3. The molecule has 0 aliphatic carbocycles. The molecule has 1 saturated heterocycles. The van der Waals surface area contributed by atoms with Crippen molar-refractivity contribution in [3.63, 3.8) is 0 Å². The van der Waals surface area contributed by atoms with Gasteiger partial charge in [-0.1, -0.05) is 20.4 Å². The zero-order valence-corrected chi connectivity index (χ0v) is 10.4. The Morgan fingerprint density at radius 3 is 2.88 bits per heavy atom. The molecule has 1 rings (SSSR count). The number of hydrogen-bond acceptors (Lipinski definition) is 4. The van der Waals surface area contributed by atoms with E-state index in [2.05, 4.69) is 25.3 Å². The van der Waals surface area contributed by atoms with Crippen LogP contribution in [0.25, 0.3) is 0 Å². The lowest BCUT2D eigenvalue weighted by molar-refractivity contribution is -0.139. The molecule has 0 aromatic carbocycles. The van der Waals surface area contributed by atoms with Crippen molar-refractivity contribution in [2.45, 2.75) is 27.0 Å². The molecule has 4 nitrogen and oxygen atoms in total. The summed E-state index contributed by atoms with van der Waals surface area (Å²) in [6, 6.07) is 0. The zero-order chi connectivity index (χ0) is 12.1. The SMILES string of the molecule is C=C(C)C(=O)OCCN1CCOC1C(C)C. The van der Waals surface area contributed by atoms with Crippen molar-refractivity contribution in [3.05, 3.63) is 12.2 Å². The minimum absolute atomic E-state index is 0.156. The van der Waals surface area contributed by atoms with Crippen LogP contribution in [0.1, 0.15) is 20.8 Å². The largest absolute Gasteiger partial charge is 0.461 e. The minimum Gasteiger partial charge on any atom is -0.461 e. The number of rotatable bonds is 5. The first kappa shape index (κ1) is 13.2. The van der Waals surface area contributed by atoms with E-state index in [-0.39, 0.29) is 12.2 Å². The predicted molar refractivity (Wildman–Crippen MR) is 61.9 cm³/mol. The van der Waals surface area contributed by atoms with Gasteiger partial charge in [0.1, 0.15) is 12.8 Å². The molecule has 0 aromatic rings. The third-order valence-corrected chi connectivity index (χ3v) is 2.56. The van der Waals surface area contributed by atoms with Crippen molar-refractivity contribution in [3.8, 4) is 0 Å². The molecule has 1 aliphatic rings. The Morgan fingerprint density at radius 1 is 1.62 bits per heavy atom. The van der Waals surface area contributed by atoms with Gasteiger partial charge in [-0.3, -0.25) is 4.90 Å². The molecule has 0 amide bonds. The van der Waals surface area contributed by atoms with Gasteiger partial charge < -0.3 is 9.47 Å². The fourth-order valence-corrected chi connectivity index (χ4v) is 1.76. The Hall–Kier alpha value is -0.870. The summed E-state index contributed by atoms with van der Waals surface area (Å²) in [4.78, 5) is 13.4. The van der Waals surface area contributed by atoms with Crippen LogP contribution < -0.4 is 0 Å². The van der Waals surface area contributed by atoms with Crippen molar-refractivity contribution >= 4 is 5.97 Å². The van der Waals surface area contributed by atoms with Gasteiger partial charge in [0.05, 0.1) is 6.61 Å². The highest BCUT2D eigenvalue weighted by molar-refractivity contribution is 5.86. The molecule has 1 atom stereocenters. The molecule has 0 saturated carbocycles. The third-order valence-electron chi connectivity index (χ3n) is 2.56. The molecule has 0 spiro atoms. The summed E-state index contributed by atoms with van der Waals surface area (Å²) >= 11 is 0. The maximum absolute atomic E-state index is 11.2. The molecule has 4 heteroatoms. The molecular weight excluding hydrogens is 206 g/mol. The second-order valence-corrected chi connectivity index (χ2v) is 4.46. The first-order valence-electron chi connectivity index (χ1n) is 5.70. The van der Waals surface area contributed by atoms with Gasteiger partial charge >= 0.3 is 5.97 Å². The van der Waals surface area contributed by atoms with E-state index in [1.807, 2.05) is 0 Å². The number of ether oxygens (including phenoxy) is 2.